The van der Waals surface area contributed by atoms with Crippen molar-refractivity contribution < 1.29 is 14.7 Å². The van der Waals surface area contributed by atoms with Crippen LogP contribution in [0.5, 0.6) is 0 Å². The summed E-state index contributed by atoms with van der Waals surface area (Å²) in [6, 6.07) is 5.74. The zero-order chi connectivity index (χ0) is 14.1. The lowest BCUT2D eigenvalue weighted by Crippen LogP contribution is -2.37. The maximum Gasteiger partial charge on any atom is 0.323 e. The Morgan fingerprint density at radius 2 is 2.05 bits per heavy atom. The maximum atomic E-state index is 12.6. The molecule has 0 aromatic carbocycles. The normalized spacial score (nSPS) is 14.2. The highest BCUT2D eigenvalue weighted by atomic mass is 32.1. The summed E-state index contributed by atoms with van der Waals surface area (Å²) in [5, 5.41) is 10.8. The van der Waals surface area contributed by atoms with Crippen molar-refractivity contribution in [3.8, 4) is 5.69 Å². The summed E-state index contributed by atoms with van der Waals surface area (Å²) in [5.41, 5.74) is 0.807. The molecule has 6 heteroatoms. The predicted molar refractivity (Wildman–Crippen MR) is 75.3 cm³/mol. The standard InChI is InChI=1S/C14H14N2O3S/c17-12(18)9-16(10-3-4-10)14(19)13-11(5-8-20-13)15-6-1-2-7-15/h1-2,5-8,10H,3-4,9H2,(H,17,18). The number of aliphatic carboxylic acids is 1. The van der Waals surface area contributed by atoms with Crippen molar-refractivity contribution >= 4 is 23.2 Å². The van der Waals surface area contributed by atoms with Crippen molar-refractivity contribution in [1.29, 1.82) is 0 Å². The maximum absolute atomic E-state index is 12.6. The lowest BCUT2D eigenvalue weighted by atomic mass is 10.3. The van der Waals surface area contributed by atoms with Crippen LogP contribution >= 0.6 is 11.3 Å². The summed E-state index contributed by atoms with van der Waals surface area (Å²) in [7, 11) is 0. The number of hydrogen-bond donors (Lipinski definition) is 1. The van der Waals surface area contributed by atoms with E-state index < -0.39 is 5.97 Å². The van der Waals surface area contributed by atoms with Gasteiger partial charge in [-0.2, -0.15) is 0 Å². The first-order chi connectivity index (χ1) is 9.66. The molecule has 0 spiro atoms. The molecule has 0 unspecified atom stereocenters. The quantitative estimate of drug-likeness (QED) is 0.918. The van der Waals surface area contributed by atoms with E-state index >= 15 is 0 Å². The molecule has 1 amide bonds. The van der Waals surface area contributed by atoms with Gasteiger partial charge in [-0.3, -0.25) is 9.59 Å². The first kappa shape index (κ1) is 12.9. The Balaban J connectivity index is 1.90. The fourth-order valence-electron chi connectivity index (χ4n) is 2.19. The second kappa shape index (κ2) is 5.13. The van der Waals surface area contributed by atoms with Gasteiger partial charge < -0.3 is 14.6 Å². The molecule has 0 atom stereocenters. The number of thiophene rings is 1. The summed E-state index contributed by atoms with van der Waals surface area (Å²) < 4.78 is 1.87. The number of amides is 1. The molecular formula is C14H14N2O3S. The van der Waals surface area contributed by atoms with Crippen LogP contribution in [0.3, 0.4) is 0 Å². The number of nitrogens with zero attached hydrogens (tertiary/aromatic N) is 2. The first-order valence-corrected chi connectivity index (χ1v) is 7.28. The number of carbonyl (C=O) groups excluding carboxylic acids is 1. The Kier molecular flexibility index (Phi) is 3.31. The minimum Gasteiger partial charge on any atom is -0.480 e. The van der Waals surface area contributed by atoms with Crippen LogP contribution in [0.1, 0.15) is 22.5 Å². The molecule has 1 saturated carbocycles. The summed E-state index contributed by atoms with van der Waals surface area (Å²) >= 11 is 1.35. The van der Waals surface area contributed by atoms with Crippen LogP contribution in [-0.2, 0) is 4.79 Å². The number of hydrogen-bond acceptors (Lipinski definition) is 3. The SMILES string of the molecule is O=C(O)CN(C(=O)c1sccc1-n1cccc1)C1CC1. The highest BCUT2D eigenvalue weighted by molar-refractivity contribution is 7.12. The Bertz CT molecular complexity index is 629. The Hall–Kier alpha value is -2.08. The third kappa shape index (κ3) is 2.46. The average molecular weight is 290 g/mol. The van der Waals surface area contributed by atoms with Gasteiger partial charge >= 0.3 is 5.97 Å². The molecular weight excluding hydrogens is 276 g/mol. The fourth-order valence-corrected chi connectivity index (χ4v) is 3.04. The third-order valence-electron chi connectivity index (χ3n) is 3.28. The molecule has 1 N–H and O–H groups in total. The fraction of sp³-hybridized carbons (Fsp3) is 0.286. The van der Waals surface area contributed by atoms with Gasteiger partial charge in [0, 0.05) is 18.4 Å². The van der Waals surface area contributed by atoms with Crippen LogP contribution in [0.4, 0.5) is 0 Å². The number of carbonyl (C=O) groups is 2. The van der Waals surface area contributed by atoms with Crippen molar-refractivity contribution in [3.63, 3.8) is 0 Å². The molecule has 0 saturated heterocycles. The van der Waals surface area contributed by atoms with Gasteiger partial charge in [-0.15, -0.1) is 11.3 Å². The van der Waals surface area contributed by atoms with Crippen LogP contribution in [0, 0.1) is 0 Å². The van der Waals surface area contributed by atoms with Gasteiger partial charge in [-0.25, -0.2) is 0 Å². The molecule has 104 valence electrons. The van der Waals surface area contributed by atoms with E-state index in [2.05, 4.69) is 0 Å². The van der Waals surface area contributed by atoms with E-state index in [1.165, 1.54) is 16.2 Å². The second-order valence-electron chi connectivity index (χ2n) is 4.78. The largest absolute Gasteiger partial charge is 0.480 e. The summed E-state index contributed by atoms with van der Waals surface area (Å²) in [6.45, 7) is -0.230. The van der Waals surface area contributed by atoms with E-state index in [-0.39, 0.29) is 18.5 Å². The topological polar surface area (TPSA) is 62.5 Å². The molecule has 0 bridgehead atoms. The second-order valence-corrected chi connectivity index (χ2v) is 5.70. The molecule has 2 aromatic rings. The number of rotatable bonds is 5. The molecule has 0 aliphatic heterocycles. The zero-order valence-electron chi connectivity index (χ0n) is 10.7. The molecule has 3 rings (SSSR count). The van der Waals surface area contributed by atoms with Crippen molar-refractivity contribution in [1.82, 2.24) is 9.47 Å². The Labute approximate surface area is 120 Å². The summed E-state index contributed by atoms with van der Waals surface area (Å²) in [4.78, 5) is 25.6. The van der Waals surface area contributed by atoms with Gasteiger partial charge in [0.2, 0.25) is 0 Å². The van der Waals surface area contributed by atoms with E-state index in [1.54, 1.807) is 0 Å². The van der Waals surface area contributed by atoms with Gasteiger partial charge in [-0.1, -0.05) is 0 Å². The van der Waals surface area contributed by atoms with Crippen LogP contribution in [0.2, 0.25) is 0 Å². The Morgan fingerprint density at radius 1 is 1.35 bits per heavy atom. The summed E-state index contributed by atoms with van der Waals surface area (Å²) in [5.74, 6) is -1.15. The van der Waals surface area contributed by atoms with Crippen LogP contribution in [0.25, 0.3) is 5.69 Å². The van der Waals surface area contributed by atoms with Gasteiger partial charge in [-0.05, 0) is 36.4 Å². The molecule has 0 radical (unpaired) electrons. The summed E-state index contributed by atoms with van der Waals surface area (Å²) in [6.07, 6.45) is 5.53. The van der Waals surface area contributed by atoms with Crippen LogP contribution in [0.15, 0.2) is 36.0 Å². The van der Waals surface area contributed by atoms with Crippen LogP contribution in [-0.4, -0.2) is 39.0 Å². The molecule has 1 aliphatic carbocycles. The number of carboxylic acid groups (broad SMARTS) is 1. The number of carboxylic acids is 1. The van der Waals surface area contributed by atoms with E-state index in [0.29, 0.717) is 4.88 Å². The van der Waals surface area contributed by atoms with Crippen molar-refractivity contribution in [2.45, 2.75) is 18.9 Å². The van der Waals surface area contributed by atoms with Crippen LogP contribution < -0.4 is 0 Å². The van der Waals surface area contributed by atoms with E-state index in [1.807, 2.05) is 40.5 Å². The monoisotopic (exact) mass is 290 g/mol. The van der Waals surface area contributed by atoms with Gasteiger partial charge in [0.05, 0.1) is 5.69 Å². The lowest BCUT2D eigenvalue weighted by Gasteiger charge is -2.20. The molecule has 1 aliphatic rings. The minimum absolute atomic E-state index is 0.0817. The molecule has 5 nitrogen and oxygen atoms in total. The minimum atomic E-state index is -0.968. The van der Waals surface area contributed by atoms with Crippen molar-refractivity contribution in [2.75, 3.05) is 6.54 Å². The first-order valence-electron chi connectivity index (χ1n) is 6.40. The Morgan fingerprint density at radius 3 is 2.65 bits per heavy atom. The zero-order valence-corrected chi connectivity index (χ0v) is 11.5. The van der Waals surface area contributed by atoms with Gasteiger partial charge in [0.25, 0.3) is 5.91 Å². The molecule has 2 heterocycles. The average Bonchev–Trinajstić information content (AvgIpc) is 2.93. The highest BCUT2D eigenvalue weighted by Gasteiger charge is 2.35. The highest BCUT2D eigenvalue weighted by Crippen LogP contribution is 2.31. The van der Waals surface area contributed by atoms with Crippen molar-refractivity contribution in [2.24, 2.45) is 0 Å². The number of aromatic nitrogens is 1. The lowest BCUT2D eigenvalue weighted by molar-refractivity contribution is -0.137. The third-order valence-corrected chi connectivity index (χ3v) is 4.17. The molecule has 2 aromatic heterocycles. The smallest absolute Gasteiger partial charge is 0.323 e. The van der Waals surface area contributed by atoms with E-state index in [9.17, 15) is 9.59 Å². The van der Waals surface area contributed by atoms with Gasteiger partial charge in [0.15, 0.2) is 0 Å². The molecule has 20 heavy (non-hydrogen) atoms. The van der Waals surface area contributed by atoms with E-state index in [0.717, 1.165) is 18.5 Å². The van der Waals surface area contributed by atoms with Crippen molar-refractivity contribution in [3.05, 3.63) is 40.8 Å². The predicted octanol–water partition coefficient (Wildman–Crippen LogP) is 2.23. The van der Waals surface area contributed by atoms with Gasteiger partial charge in [0.1, 0.15) is 11.4 Å². The molecule has 1 fully saturated rings. The van der Waals surface area contributed by atoms with E-state index in [4.69, 9.17) is 5.11 Å².